The van der Waals surface area contributed by atoms with E-state index >= 15 is 0 Å². The fourth-order valence-corrected chi connectivity index (χ4v) is 2.20. The van der Waals surface area contributed by atoms with Crippen LogP contribution in [-0.4, -0.2) is 17.5 Å². The number of nitrogens with one attached hydrogen (secondary N) is 1. The van der Waals surface area contributed by atoms with Crippen molar-refractivity contribution in [2.24, 2.45) is 0 Å². The molecule has 2 rings (SSSR count). The quantitative estimate of drug-likeness (QED) is 0.849. The van der Waals surface area contributed by atoms with Crippen molar-refractivity contribution in [2.45, 2.75) is 12.3 Å². The van der Waals surface area contributed by atoms with E-state index in [0.29, 0.717) is 17.5 Å². The number of carbonyl (C=O) groups excluding carboxylic acids is 1. The van der Waals surface area contributed by atoms with E-state index in [1.54, 1.807) is 18.3 Å². The van der Waals surface area contributed by atoms with E-state index in [4.69, 9.17) is 4.74 Å². The van der Waals surface area contributed by atoms with E-state index in [-0.39, 0.29) is 5.91 Å². The third kappa shape index (κ3) is 3.57. The van der Waals surface area contributed by atoms with Gasteiger partial charge < -0.3 is 10.1 Å². The lowest BCUT2D eigenvalue weighted by Crippen LogP contribution is -2.12. The monoisotopic (exact) mass is 334 g/mol. The van der Waals surface area contributed by atoms with Gasteiger partial charge in [0.2, 0.25) is 0 Å². The van der Waals surface area contributed by atoms with Gasteiger partial charge in [-0.15, -0.1) is 0 Å². The maximum Gasteiger partial charge on any atom is 0.257 e. The average Bonchev–Trinajstić information content (AvgIpc) is 2.50. The lowest BCUT2D eigenvalue weighted by molar-refractivity contribution is 0.102. The number of pyridine rings is 1. The molecule has 5 heteroatoms. The molecule has 0 spiro atoms. The molecule has 0 unspecified atom stereocenters. The van der Waals surface area contributed by atoms with Crippen LogP contribution in [0.5, 0.6) is 5.75 Å². The van der Waals surface area contributed by atoms with Crippen LogP contribution in [0.3, 0.4) is 0 Å². The molecule has 4 nitrogen and oxygen atoms in total. The van der Waals surface area contributed by atoms with E-state index < -0.39 is 0 Å². The van der Waals surface area contributed by atoms with Crippen LogP contribution in [-0.2, 0) is 5.33 Å². The number of nitrogens with zero attached hydrogens (tertiary/aromatic N) is 1. The highest BCUT2D eigenvalue weighted by Gasteiger charge is 2.08. The summed E-state index contributed by atoms with van der Waals surface area (Å²) in [7, 11) is 0. The molecule has 1 N–H and O–H groups in total. The fourth-order valence-electron chi connectivity index (χ4n) is 1.76. The molecule has 0 aliphatic heterocycles. The minimum atomic E-state index is -0.178. The number of benzene rings is 1. The molecule has 1 aromatic heterocycles. The summed E-state index contributed by atoms with van der Waals surface area (Å²) in [5.41, 5.74) is 2.26. The highest BCUT2D eigenvalue weighted by Crippen LogP contribution is 2.25. The first-order chi connectivity index (χ1) is 9.74. The van der Waals surface area contributed by atoms with Crippen molar-refractivity contribution in [2.75, 3.05) is 11.9 Å². The summed E-state index contributed by atoms with van der Waals surface area (Å²) >= 11 is 3.42. The second kappa shape index (κ2) is 7.05. The SMILES string of the molecule is CCOc1ccc(NC(=O)c2cccnc2)cc1CBr. The van der Waals surface area contributed by atoms with Gasteiger partial charge in [-0.25, -0.2) is 0 Å². The molecule has 0 aliphatic carbocycles. The molecule has 104 valence electrons. The Bertz CT molecular complexity index is 588. The first kappa shape index (κ1) is 14.5. The first-order valence-electron chi connectivity index (χ1n) is 6.27. The minimum Gasteiger partial charge on any atom is -0.494 e. The summed E-state index contributed by atoms with van der Waals surface area (Å²) in [6.07, 6.45) is 3.17. The molecule has 0 radical (unpaired) electrons. The third-order valence-electron chi connectivity index (χ3n) is 2.69. The molecule has 0 bridgehead atoms. The van der Waals surface area contributed by atoms with Crippen LogP contribution >= 0.6 is 15.9 Å². The smallest absolute Gasteiger partial charge is 0.257 e. The zero-order valence-electron chi connectivity index (χ0n) is 11.1. The number of amides is 1. The van der Waals surface area contributed by atoms with Crippen LogP contribution in [0.4, 0.5) is 5.69 Å². The van der Waals surface area contributed by atoms with Gasteiger partial charge in [0.25, 0.3) is 5.91 Å². The number of hydrogen-bond acceptors (Lipinski definition) is 3. The number of rotatable bonds is 5. The van der Waals surface area contributed by atoms with Gasteiger partial charge in [-0.05, 0) is 37.3 Å². The van der Waals surface area contributed by atoms with Crippen molar-refractivity contribution in [3.8, 4) is 5.75 Å². The molecule has 2 aromatic rings. The second-order valence-electron chi connectivity index (χ2n) is 4.08. The number of ether oxygens (including phenoxy) is 1. The summed E-state index contributed by atoms with van der Waals surface area (Å²) in [4.78, 5) is 16.0. The molecule has 1 aromatic carbocycles. The average molecular weight is 335 g/mol. The molecule has 20 heavy (non-hydrogen) atoms. The normalized spacial score (nSPS) is 10.1. The van der Waals surface area contributed by atoms with Crippen molar-refractivity contribution >= 4 is 27.5 Å². The first-order valence-corrected chi connectivity index (χ1v) is 7.39. The van der Waals surface area contributed by atoms with Gasteiger partial charge in [0.05, 0.1) is 12.2 Å². The highest BCUT2D eigenvalue weighted by molar-refractivity contribution is 9.08. The van der Waals surface area contributed by atoms with Gasteiger partial charge in [0.15, 0.2) is 0 Å². The van der Waals surface area contributed by atoms with Crippen molar-refractivity contribution in [1.29, 1.82) is 0 Å². The summed E-state index contributed by atoms with van der Waals surface area (Å²) in [6.45, 7) is 2.55. The zero-order chi connectivity index (χ0) is 14.4. The molecule has 0 atom stereocenters. The number of hydrogen-bond donors (Lipinski definition) is 1. The molecular weight excluding hydrogens is 320 g/mol. The van der Waals surface area contributed by atoms with Gasteiger partial charge >= 0.3 is 0 Å². The molecule has 0 saturated heterocycles. The lowest BCUT2D eigenvalue weighted by Gasteiger charge is -2.11. The van der Waals surface area contributed by atoms with Crippen LogP contribution < -0.4 is 10.1 Å². The second-order valence-corrected chi connectivity index (χ2v) is 4.65. The standard InChI is InChI=1S/C15H15BrN2O2/c1-2-20-14-6-5-13(8-12(14)9-16)18-15(19)11-4-3-7-17-10-11/h3-8,10H,2,9H2,1H3,(H,18,19). The van der Waals surface area contributed by atoms with E-state index in [1.807, 2.05) is 25.1 Å². The minimum absolute atomic E-state index is 0.178. The number of halogens is 1. The fraction of sp³-hybridized carbons (Fsp3) is 0.200. The Morgan fingerprint density at radius 3 is 2.90 bits per heavy atom. The molecule has 0 aliphatic rings. The Labute approximate surface area is 126 Å². The van der Waals surface area contributed by atoms with Crippen molar-refractivity contribution in [3.05, 3.63) is 53.9 Å². The van der Waals surface area contributed by atoms with Gasteiger partial charge in [0.1, 0.15) is 5.75 Å². The van der Waals surface area contributed by atoms with E-state index in [1.165, 1.54) is 6.20 Å². The molecular formula is C15H15BrN2O2. The lowest BCUT2D eigenvalue weighted by atomic mass is 10.2. The van der Waals surface area contributed by atoms with Crippen molar-refractivity contribution < 1.29 is 9.53 Å². The van der Waals surface area contributed by atoms with E-state index in [0.717, 1.165) is 17.0 Å². The molecule has 0 saturated carbocycles. The Hall–Kier alpha value is -1.88. The van der Waals surface area contributed by atoms with Gasteiger partial charge in [-0.1, -0.05) is 15.9 Å². The summed E-state index contributed by atoms with van der Waals surface area (Å²) in [6, 6.07) is 9.04. The number of anilines is 1. The molecule has 0 fully saturated rings. The van der Waals surface area contributed by atoms with Crippen molar-refractivity contribution in [1.82, 2.24) is 4.98 Å². The molecule has 1 amide bonds. The van der Waals surface area contributed by atoms with Gasteiger partial charge in [-0.2, -0.15) is 0 Å². The number of aromatic nitrogens is 1. The van der Waals surface area contributed by atoms with Crippen LogP contribution in [0.2, 0.25) is 0 Å². The summed E-state index contributed by atoms with van der Waals surface area (Å²) in [5, 5.41) is 3.51. The molecule has 1 heterocycles. The van der Waals surface area contributed by atoms with Gasteiger partial charge in [-0.3, -0.25) is 9.78 Å². The van der Waals surface area contributed by atoms with Crippen molar-refractivity contribution in [3.63, 3.8) is 0 Å². The highest BCUT2D eigenvalue weighted by atomic mass is 79.9. The maximum absolute atomic E-state index is 12.0. The Balaban J connectivity index is 2.16. The number of carbonyl (C=O) groups is 1. The third-order valence-corrected chi connectivity index (χ3v) is 3.29. The zero-order valence-corrected chi connectivity index (χ0v) is 12.7. The summed E-state index contributed by atoms with van der Waals surface area (Å²) < 4.78 is 5.52. The van der Waals surface area contributed by atoms with E-state index in [9.17, 15) is 4.79 Å². The van der Waals surface area contributed by atoms with Crippen LogP contribution in [0.15, 0.2) is 42.7 Å². The Kier molecular flexibility index (Phi) is 5.12. The predicted molar refractivity (Wildman–Crippen MR) is 82.4 cm³/mol. The van der Waals surface area contributed by atoms with Crippen LogP contribution in [0.1, 0.15) is 22.8 Å². The topological polar surface area (TPSA) is 51.2 Å². The Morgan fingerprint density at radius 2 is 2.25 bits per heavy atom. The van der Waals surface area contributed by atoms with Gasteiger partial charge in [0, 0.05) is 29.0 Å². The summed E-state index contributed by atoms with van der Waals surface area (Å²) in [5.74, 6) is 0.645. The van der Waals surface area contributed by atoms with Crippen LogP contribution in [0.25, 0.3) is 0 Å². The van der Waals surface area contributed by atoms with Crippen LogP contribution in [0, 0.1) is 0 Å². The maximum atomic E-state index is 12.0. The largest absolute Gasteiger partial charge is 0.494 e. The van der Waals surface area contributed by atoms with E-state index in [2.05, 4.69) is 26.2 Å². The Morgan fingerprint density at radius 1 is 1.40 bits per heavy atom. The number of alkyl halides is 1. The predicted octanol–water partition coefficient (Wildman–Crippen LogP) is 3.63.